The molecular formula is C18H9F3N2O3. The van der Waals surface area contributed by atoms with Crippen LogP contribution in [0.25, 0.3) is 10.9 Å². The highest BCUT2D eigenvalue weighted by Crippen LogP contribution is 2.35. The summed E-state index contributed by atoms with van der Waals surface area (Å²) in [6.07, 6.45) is -3.36. The fourth-order valence-electron chi connectivity index (χ4n) is 2.90. The Labute approximate surface area is 144 Å². The first kappa shape index (κ1) is 16.1. The molecule has 26 heavy (non-hydrogen) atoms. The average Bonchev–Trinajstić information content (AvgIpc) is 2.84. The monoisotopic (exact) mass is 358 g/mol. The van der Waals surface area contributed by atoms with Crippen molar-refractivity contribution < 1.29 is 27.5 Å². The summed E-state index contributed by atoms with van der Waals surface area (Å²) in [5, 5.41) is 0.725. The van der Waals surface area contributed by atoms with Crippen LogP contribution in [-0.2, 0) is 0 Å². The minimum atomic E-state index is -4.89. The second-order valence-electron chi connectivity index (χ2n) is 5.55. The molecule has 1 aromatic heterocycles. The van der Waals surface area contributed by atoms with Crippen LogP contribution in [0.4, 0.5) is 18.9 Å². The third kappa shape index (κ3) is 2.55. The molecule has 0 bridgehead atoms. The molecule has 1 aliphatic rings. The maximum absolute atomic E-state index is 12.7. The number of para-hydroxylation sites is 1. The number of halogens is 3. The molecule has 1 aliphatic heterocycles. The SMILES string of the molecule is O=C1c2ccc(OC(F)(F)F)cc2C(=O)N1c1cccc2cccnc12. The number of ether oxygens (including phenoxy) is 1. The van der Waals surface area contributed by atoms with E-state index >= 15 is 0 Å². The van der Waals surface area contributed by atoms with Crippen LogP contribution < -0.4 is 9.64 Å². The van der Waals surface area contributed by atoms with E-state index in [0.29, 0.717) is 5.52 Å². The van der Waals surface area contributed by atoms with Gasteiger partial charge in [-0.1, -0.05) is 18.2 Å². The average molecular weight is 358 g/mol. The zero-order valence-electron chi connectivity index (χ0n) is 12.9. The van der Waals surface area contributed by atoms with Gasteiger partial charge in [0.05, 0.1) is 22.3 Å². The third-order valence-electron chi connectivity index (χ3n) is 3.94. The van der Waals surface area contributed by atoms with Crippen molar-refractivity contribution in [2.24, 2.45) is 0 Å². The Morgan fingerprint density at radius 1 is 0.923 bits per heavy atom. The van der Waals surface area contributed by atoms with Crippen molar-refractivity contribution in [1.29, 1.82) is 0 Å². The molecule has 2 aromatic carbocycles. The first-order chi connectivity index (χ1) is 12.3. The third-order valence-corrected chi connectivity index (χ3v) is 3.94. The van der Waals surface area contributed by atoms with Crippen LogP contribution in [0.2, 0.25) is 0 Å². The molecule has 0 atom stereocenters. The summed E-state index contributed by atoms with van der Waals surface area (Å²) < 4.78 is 41.0. The molecule has 0 spiro atoms. The Morgan fingerprint density at radius 2 is 1.65 bits per heavy atom. The molecule has 2 heterocycles. The number of carbonyl (C=O) groups excluding carboxylic acids is 2. The molecule has 130 valence electrons. The van der Waals surface area contributed by atoms with Crippen molar-refractivity contribution in [3.05, 3.63) is 65.9 Å². The first-order valence-corrected chi connectivity index (χ1v) is 7.47. The summed E-state index contributed by atoms with van der Waals surface area (Å²) in [7, 11) is 0. The van der Waals surface area contributed by atoms with Gasteiger partial charge in [0.1, 0.15) is 5.75 Å². The lowest BCUT2D eigenvalue weighted by atomic mass is 10.1. The lowest BCUT2D eigenvalue weighted by Crippen LogP contribution is -2.29. The Morgan fingerprint density at radius 3 is 2.42 bits per heavy atom. The van der Waals surface area contributed by atoms with Crippen molar-refractivity contribution in [2.75, 3.05) is 4.90 Å². The molecule has 0 N–H and O–H groups in total. The van der Waals surface area contributed by atoms with Gasteiger partial charge in [0.15, 0.2) is 0 Å². The van der Waals surface area contributed by atoms with E-state index in [1.54, 1.807) is 30.3 Å². The predicted molar refractivity (Wildman–Crippen MR) is 86.0 cm³/mol. The molecule has 4 rings (SSSR count). The van der Waals surface area contributed by atoms with Crippen molar-refractivity contribution in [1.82, 2.24) is 4.98 Å². The standard InChI is InChI=1S/C18H9F3N2O3/c19-18(20,21)26-11-6-7-12-13(9-11)17(25)23(16(12)24)14-5-1-3-10-4-2-8-22-15(10)14/h1-9H. The quantitative estimate of drug-likeness (QED) is 0.651. The van der Waals surface area contributed by atoms with Crippen LogP contribution >= 0.6 is 0 Å². The maximum Gasteiger partial charge on any atom is 0.573 e. The summed E-state index contributed by atoms with van der Waals surface area (Å²) in [6.45, 7) is 0. The van der Waals surface area contributed by atoms with Crippen molar-refractivity contribution in [3.8, 4) is 5.75 Å². The lowest BCUT2D eigenvalue weighted by Gasteiger charge is -2.15. The smallest absolute Gasteiger partial charge is 0.406 e. The number of hydrogen-bond acceptors (Lipinski definition) is 4. The van der Waals surface area contributed by atoms with Crippen molar-refractivity contribution in [2.45, 2.75) is 6.36 Å². The number of alkyl halides is 3. The van der Waals surface area contributed by atoms with Crippen LogP contribution in [0, 0.1) is 0 Å². The number of amides is 2. The fraction of sp³-hybridized carbons (Fsp3) is 0.0556. The molecule has 5 nitrogen and oxygen atoms in total. The van der Waals surface area contributed by atoms with Crippen LogP contribution in [0.3, 0.4) is 0 Å². The minimum absolute atomic E-state index is 0.0115. The molecule has 0 unspecified atom stereocenters. The lowest BCUT2D eigenvalue weighted by molar-refractivity contribution is -0.274. The summed E-state index contributed by atoms with van der Waals surface area (Å²) in [5.41, 5.74) is 0.575. The summed E-state index contributed by atoms with van der Waals surface area (Å²) in [6, 6.07) is 11.6. The molecule has 3 aromatic rings. The van der Waals surface area contributed by atoms with E-state index in [9.17, 15) is 22.8 Å². The summed E-state index contributed by atoms with van der Waals surface area (Å²) in [4.78, 5) is 30.5. The van der Waals surface area contributed by atoms with E-state index in [0.717, 1.165) is 28.5 Å². The van der Waals surface area contributed by atoms with E-state index in [1.165, 1.54) is 6.20 Å². The highest BCUT2D eigenvalue weighted by Gasteiger charge is 2.39. The van der Waals surface area contributed by atoms with E-state index in [-0.39, 0.29) is 16.8 Å². The number of benzene rings is 2. The Hall–Kier alpha value is -3.42. The number of anilines is 1. The molecular weight excluding hydrogens is 349 g/mol. The van der Waals surface area contributed by atoms with Crippen molar-refractivity contribution >= 4 is 28.4 Å². The van der Waals surface area contributed by atoms with E-state index < -0.39 is 23.9 Å². The van der Waals surface area contributed by atoms with Crippen LogP contribution in [-0.4, -0.2) is 23.2 Å². The molecule has 0 fully saturated rings. The van der Waals surface area contributed by atoms with Gasteiger partial charge >= 0.3 is 6.36 Å². The van der Waals surface area contributed by atoms with Gasteiger partial charge in [0.25, 0.3) is 11.8 Å². The second kappa shape index (κ2) is 5.55. The first-order valence-electron chi connectivity index (χ1n) is 7.47. The Balaban J connectivity index is 1.80. The molecule has 0 aliphatic carbocycles. The number of carbonyl (C=O) groups is 2. The molecule has 0 saturated carbocycles. The number of pyridine rings is 1. The van der Waals surface area contributed by atoms with Gasteiger partial charge in [-0.2, -0.15) is 0 Å². The van der Waals surface area contributed by atoms with Gasteiger partial charge < -0.3 is 4.74 Å². The summed E-state index contributed by atoms with van der Waals surface area (Å²) in [5.74, 6) is -1.91. The molecule has 0 saturated heterocycles. The predicted octanol–water partition coefficient (Wildman–Crippen LogP) is 3.93. The number of imide groups is 1. The molecule has 8 heteroatoms. The van der Waals surface area contributed by atoms with Crippen LogP contribution in [0.15, 0.2) is 54.7 Å². The number of hydrogen-bond donors (Lipinski definition) is 0. The number of rotatable bonds is 2. The van der Waals surface area contributed by atoms with E-state index in [4.69, 9.17) is 0 Å². The van der Waals surface area contributed by atoms with Gasteiger partial charge in [-0.05, 0) is 30.3 Å². The second-order valence-corrected chi connectivity index (χ2v) is 5.55. The highest BCUT2D eigenvalue weighted by molar-refractivity contribution is 6.35. The van der Waals surface area contributed by atoms with Gasteiger partial charge in [-0.3, -0.25) is 14.6 Å². The maximum atomic E-state index is 12.7. The fourth-order valence-corrected chi connectivity index (χ4v) is 2.90. The normalized spacial score (nSPS) is 14.0. The highest BCUT2D eigenvalue weighted by atomic mass is 19.4. The van der Waals surface area contributed by atoms with Gasteiger partial charge in [-0.25, -0.2) is 4.90 Å². The molecule has 2 amide bonds. The van der Waals surface area contributed by atoms with Gasteiger partial charge in [0, 0.05) is 11.6 Å². The Kier molecular flexibility index (Phi) is 3.43. The summed E-state index contributed by atoms with van der Waals surface area (Å²) >= 11 is 0. The Bertz CT molecular complexity index is 1060. The zero-order valence-corrected chi connectivity index (χ0v) is 12.9. The van der Waals surface area contributed by atoms with Crippen LogP contribution in [0.1, 0.15) is 20.7 Å². The van der Waals surface area contributed by atoms with E-state index in [1.807, 2.05) is 0 Å². The van der Waals surface area contributed by atoms with Gasteiger partial charge in [0.2, 0.25) is 0 Å². The zero-order chi connectivity index (χ0) is 18.5. The number of fused-ring (bicyclic) bond motifs is 2. The molecule has 0 radical (unpaired) electrons. The largest absolute Gasteiger partial charge is 0.573 e. The minimum Gasteiger partial charge on any atom is -0.406 e. The number of aromatic nitrogens is 1. The topological polar surface area (TPSA) is 59.5 Å². The van der Waals surface area contributed by atoms with Crippen molar-refractivity contribution in [3.63, 3.8) is 0 Å². The van der Waals surface area contributed by atoms with Crippen LogP contribution in [0.5, 0.6) is 5.75 Å². The van der Waals surface area contributed by atoms with Gasteiger partial charge in [-0.15, -0.1) is 13.2 Å². The number of nitrogens with zero attached hydrogens (tertiary/aromatic N) is 2. The van der Waals surface area contributed by atoms with E-state index in [2.05, 4.69) is 9.72 Å².